The second-order valence-electron chi connectivity index (χ2n) is 3.85. The minimum absolute atomic E-state index is 0. The maximum Gasteiger partial charge on any atom is 0.281 e. The Morgan fingerprint density at radius 1 is 0.720 bits per heavy atom. The molecule has 7 heteroatoms. The number of carbonyl (C=O) groups excluding carboxylic acids is 5. The van der Waals surface area contributed by atoms with Crippen molar-refractivity contribution in [3.63, 3.8) is 0 Å². The summed E-state index contributed by atoms with van der Waals surface area (Å²) in [5.74, 6) is 0. The van der Waals surface area contributed by atoms with Gasteiger partial charge in [-0.2, -0.15) is 0 Å². The van der Waals surface area contributed by atoms with E-state index in [1.165, 1.54) is 32.1 Å². The first-order valence-electron chi connectivity index (χ1n) is 6.44. The van der Waals surface area contributed by atoms with Crippen LogP contribution in [-0.2, 0) is 49.8 Å². The maximum absolute atomic E-state index is 7.50. The first-order valence-corrected chi connectivity index (χ1v) is 6.44. The Hall–Kier alpha value is -1.78. The van der Waals surface area contributed by atoms with Crippen LogP contribution in [-0.4, -0.2) is 40.0 Å². The average Bonchev–Trinajstić information content (AvgIpc) is 2.75. The van der Waals surface area contributed by atoms with E-state index in [1.54, 1.807) is 0 Å². The Kier molecular flexibility index (Phi) is 52.5. The van der Waals surface area contributed by atoms with Crippen molar-refractivity contribution in [3.8, 4) is 0 Å². The van der Waals surface area contributed by atoms with Crippen LogP contribution < -0.4 is 0 Å². The summed E-state index contributed by atoms with van der Waals surface area (Å²) >= 11 is 0. The normalized spacial score (nSPS) is 11.0. The molecule has 0 heterocycles. The molecule has 6 nitrogen and oxygen atoms in total. The predicted molar refractivity (Wildman–Crippen MR) is 85.2 cm³/mol. The van der Waals surface area contributed by atoms with Gasteiger partial charge in [0.05, 0.1) is 6.10 Å². The molecule has 0 bridgehead atoms. The molecule has 0 saturated heterocycles. The Balaban J connectivity index is -0.000000105. The zero-order valence-electron chi connectivity index (χ0n) is 13.4. The van der Waals surface area contributed by atoms with Gasteiger partial charge in [-0.1, -0.05) is 49.6 Å². The van der Waals surface area contributed by atoms with Crippen LogP contribution in [0.15, 0.2) is 30.3 Å². The number of hydrogen-bond acceptors (Lipinski definition) is 6. The van der Waals surface area contributed by atoms with Crippen LogP contribution >= 0.6 is 0 Å². The molecule has 12 radical (unpaired) electrons. The third kappa shape index (κ3) is 24.6. The predicted octanol–water partition coefficient (Wildman–Crippen LogP) is 1.43. The van der Waals surface area contributed by atoms with Gasteiger partial charge in [-0.3, -0.25) is 24.0 Å². The van der Waals surface area contributed by atoms with E-state index in [0.29, 0.717) is 6.10 Å². The van der Waals surface area contributed by atoms with Crippen LogP contribution in [0.1, 0.15) is 37.7 Å². The Bertz CT molecular complexity index is 322. The van der Waals surface area contributed by atoms with Crippen LogP contribution in [0.25, 0.3) is 0 Å². The summed E-state index contributed by atoms with van der Waals surface area (Å²) in [7, 11) is 0. The van der Waals surface area contributed by atoms with Crippen LogP contribution in [0.4, 0.5) is 0 Å². The zero-order valence-corrected chi connectivity index (χ0v) is 16.3. The number of benzene rings is 1. The molecule has 1 fully saturated rings. The topological polar surface area (TPSA) is 94.6 Å². The maximum atomic E-state index is 7.50. The van der Waals surface area contributed by atoms with Gasteiger partial charge in [0.1, 0.15) is 0 Å². The van der Waals surface area contributed by atoms with E-state index in [1.807, 2.05) is 30.3 Å². The van der Waals surface area contributed by atoms with E-state index in [2.05, 4.69) is 40.6 Å². The fourth-order valence-electron chi connectivity index (χ4n) is 1.84. The Labute approximate surface area is 164 Å². The summed E-state index contributed by atoms with van der Waals surface area (Å²) in [5, 5.41) is 0. The van der Waals surface area contributed by atoms with Gasteiger partial charge in [-0.25, -0.2) is 0 Å². The molecule has 0 atom stereocenters. The fraction of sp³-hybridized carbons (Fsp3) is 0.333. The largest absolute Gasteiger partial charge is 0.360 e. The van der Waals surface area contributed by atoms with E-state index in [4.69, 9.17) is 28.7 Å². The molecule has 1 aromatic rings. The minimum atomic E-state index is 0. The Morgan fingerprint density at radius 3 is 1.52 bits per heavy atom. The van der Waals surface area contributed by atoms with Crippen LogP contribution in [0, 0.1) is 6.61 Å². The van der Waals surface area contributed by atoms with Crippen molar-refractivity contribution < 1.29 is 49.8 Å². The van der Waals surface area contributed by atoms with Gasteiger partial charge >= 0.3 is 0 Å². The quantitative estimate of drug-likeness (QED) is 0.609. The van der Waals surface area contributed by atoms with E-state index in [0.717, 1.165) is 5.56 Å². The summed E-state index contributed by atoms with van der Waals surface area (Å²) in [5.41, 5.74) is 1.04. The molecular weight excluding hydrogens is 496 g/mol. The van der Waals surface area contributed by atoms with Gasteiger partial charge in [-0.05, 0) is 18.4 Å². The van der Waals surface area contributed by atoms with E-state index in [-0.39, 0.29) is 21.1 Å². The van der Waals surface area contributed by atoms with E-state index in [9.17, 15) is 0 Å². The fourth-order valence-corrected chi connectivity index (χ4v) is 1.84. The number of hydrogen-bond donors (Lipinski definition) is 0. The number of rotatable bonds is 3. The van der Waals surface area contributed by atoms with E-state index < -0.39 is 0 Å². The molecule has 1 saturated carbocycles. The summed E-state index contributed by atoms with van der Waals surface area (Å²) in [6.07, 6.45) is 6.77. The second-order valence-corrected chi connectivity index (χ2v) is 3.85. The standard InChI is InChI=1S/C13H16O.5CO.W/c1-3-7-12(8-4-1)11-14-13-9-5-2-6-10-13;5*1-2;/h1,3-4,7-8,13H,2,5-6,9-10H2;;;;;;. The van der Waals surface area contributed by atoms with Crippen molar-refractivity contribution in [1.82, 2.24) is 0 Å². The smallest absolute Gasteiger partial charge is 0.281 e. The molecule has 0 spiro atoms. The van der Waals surface area contributed by atoms with Crippen molar-refractivity contribution in [1.29, 1.82) is 0 Å². The van der Waals surface area contributed by atoms with Crippen LogP contribution in [0.2, 0.25) is 0 Å². The van der Waals surface area contributed by atoms with Gasteiger partial charge in [-0.15, -0.1) is 0 Å². The van der Waals surface area contributed by atoms with Crippen molar-refractivity contribution >= 4 is 33.9 Å². The second kappa shape index (κ2) is 38.0. The van der Waals surface area contributed by atoms with Crippen molar-refractivity contribution in [3.05, 3.63) is 42.5 Å². The molecule has 0 aromatic heterocycles. The van der Waals surface area contributed by atoms with Crippen LogP contribution in [0.3, 0.4) is 0 Å². The summed E-state index contributed by atoms with van der Waals surface area (Å²) in [6.45, 7) is 25.5. The molecule has 0 aliphatic heterocycles. The number of ether oxygens (including phenoxy) is 1. The summed E-state index contributed by atoms with van der Waals surface area (Å²) in [6, 6.07) is 10.1. The molecule has 25 heavy (non-hydrogen) atoms. The van der Waals surface area contributed by atoms with E-state index >= 15 is 0 Å². The average molecular weight is 512 g/mol. The molecule has 1 aliphatic rings. The molecule has 0 N–H and O–H groups in total. The Morgan fingerprint density at radius 2 is 1.12 bits per heavy atom. The molecule has 0 amide bonds. The van der Waals surface area contributed by atoms with Gasteiger partial charge in [0.2, 0.25) is 0 Å². The zero-order chi connectivity index (χ0) is 19.6. The van der Waals surface area contributed by atoms with Crippen molar-refractivity contribution in [2.45, 2.75) is 38.2 Å². The summed E-state index contributed by atoms with van der Waals surface area (Å²) in [4.78, 5) is 37.5. The molecule has 2 rings (SSSR count). The molecular formula is C18H16O6W. The summed E-state index contributed by atoms with van der Waals surface area (Å²) < 4.78 is 5.62. The molecule has 130 valence electrons. The first-order chi connectivity index (χ1) is 11.9. The molecule has 0 unspecified atom stereocenters. The van der Waals surface area contributed by atoms with Crippen molar-refractivity contribution in [2.75, 3.05) is 0 Å². The third-order valence-corrected chi connectivity index (χ3v) is 2.67. The SMILES string of the molecule is [C](OC1CCCCC1)c1ccccc1.[C]=O.[C]=O.[C]=O.[C]=O.[C]=O.[W]. The minimum Gasteiger partial charge on any atom is -0.360 e. The van der Waals surface area contributed by atoms with Crippen molar-refractivity contribution in [2.24, 2.45) is 0 Å². The third-order valence-electron chi connectivity index (χ3n) is 2.67. The van der Waals surface area contributed by atoms with Crippen LogP contribution in [0.5, 0.6) is 0 Å². The molecule has 1 aliphatic carbocycles. The molecule has 1 aromatic carbocycles. The van der Waals surface area contributed by atoms with Gasteiger partial charge in [0.25, 0.3) is 33.9 Å². The first kappa shape index (κ1) is 34.5. The van der Waals surface area contributed by atoms with Gasteiger partial charge < -0.3 is 4.74 Å². The van der Waals surface area contributed by atoms with Gasteiger partial charge in [0.15, 0.2) is 6.61 Å². The monoisotopic (exact) mass is 512 g/mol. The van der Waals surface area contributed by atoms with Gasteiger partial charge in [0, 0.05) is 21.1 Å².